The highest BCUT2D eigenvalue weighted by Crippen LogP contribution is 2.23. The van der Waals surface area contributed by atoms with Crippen molar-refractivity contribution < 1.29 is 9.32 Å². The van der Waals surface area contributed by atoms with Crippen LogP contribution >= 0.6 is 11.3 Å². The molecule has 136 valence electrons. The van der Waals surface area contributed by atoms with Crippen LogP contribution in [0, 0.1) is 5.92 Å². The summed E-state index contributed by atoms with van der Waals surface area (Å²) in [7, 11) is 4.01. The topological polar surface area (TPSA) is 74.5 Å². The number of carbonyl (C=O) groups excluding carboxylic acids is 1. The number of carbonyl (C=O) groups is 1. The zero-order valence-corrected chi connectivity index (χ0v) is 15.6. The van der Waals surface area contributed by atoms with Crippen LogP contribution in [0.2, 0.25) is 0 Å². The number of likely N-dealkylation sites (N-methyl/N-ethyl adjacent to an activating group) is 1. The summed E-state index contributed by atoms with van der Waals surface area (Å²) in [5.74, 6) is 1.43. The van der Waals surface area contributed by atoms with E-state index in [1.54, 1.807) is 11.3 Å². The smallest absolute Gasteiger partial charge is 0.241 e. The maximum Gasteiger partial charge on any atom is 0.241 e. The van der Waals surface area contributed by atoms with Crippen molar-refractivity contribution in [1.82, 2.24) is 25.3 Å². The standard InChI is InChI=1S/C17H25N5O2S/c1-21(2)9-7-18-17(23)13-5-3-8-22(11-13)12-15-19-16(20-24-15)14-6-4-10-25-14/h4,6,10,13H,3,5,7-9,11-12H2,1-2H3,(H,18,23). The summed E-state index contributed by atoms with van der Waals surface area (Å²) in [6.07, 6.45) is 1.95. The third kappa shape index (κ3) is 5.10. The molecule has 1 N–H and O–H groups in total. The molecule has 1 fully saturated rings. The Morgan fingerprint density at radius 1 is 1.52 bits per heavy atom. The van der Waals surface area contributed by atoms with Gasteiger partial charge in [0.2, 0.25) is 17.6 Å². The molecule has 0 saturated carbocycles. The number of thiophene rings is 1. The molecule has 0 aliphatic carbocycles. The van der Waals surface area contributed by atoms with E-state index in [-0.39, 0.29) is 11.8 Å². The van der Waals surface area contributed by atoms with Crippen LogP contribution in [0.15, 0.2) is 22.0 Å². The lowest BCUT2D eigenvalue weighted by molar-refractivity contribution is -0.126. The van der Waals surface area contributed by atoms with Crippen LogP contribution in [-0.4, -0.2) is 66.1 Å². The molecule has 1 atom stereocenters. The molecule has 1 aliphatic heterocycles. The first kappa shape index (κ1) is 18.0. The summed E-state index contributed by atoms with van der Waals surface area (Å²) in [5.41, 5.74) is 0. The number of aromatic nitrogens is 2. The molecular weight excluding hydrogens is 338 g/mol. The van der Waals surface area contributed by atoms with E-state index in [1.165, 1.54) is 0 Å². The van der Waals surface area contributed by atoms with E-state index in [2.05, 4.69) is 25.3 Å². The maximum absolute atomic E-state index is 12.3. The van der Waals surface area contributed by atoms with Crippen molar-refractivity contribution >= 4 is 17.2 Å². The summed E-state index contributed by atoms with van der Waals surface area (Å²) >= 11 is 1.59. The Kier molecular flexibility index (Phi) is 6.17. The number of nitrogens with zero attached hydrogens (tertiary/aromatic N) is 4. The molecule has 1 amide bonds. The van der Waals surface area contributed by atoms with E-state index >= 15 is 0 Å². The molecule has 2 aromatic heterocycles. The van der Waals surface area contributed by atoms with Crippen LogP contribution in [0.1, 0.15) is 18.7 Å². The van der Waals surface area contributed by atoms with Gasteiger partial charge in [0.05, 0.1) is 17.3 Å². The lowest BCUT2D eigenvalue weighted by atomic mass is 9.97. The minimum Gasteiger partial charge on any atom is -0.355 e. The highest BCUT2D eigenvalue weighted by Gasteiger charge is 2.26. The average Bonchev–Trinajstić information content (AvgIpc) is 3.26. The van der Waals surface area contributed by atoms with Crippen molar-refractivity contribution in [2.45, 2.75) is 19.4 Å². The van der Waals surface area contributed by atoms with Gasteiger partial charge < -0.3 is 14.7 Å². The van der Waals surface area contributed by atoms with Crippen LogP contribution in [0.5, 0.6) is 0 Å². The number of nitrogens with one attached hydrogen (secondary N) is 1. The predicted molar refractivity (Wildman–Crippen MR) is 97.2 cm³/mol. The van der Waals surface area contributed by atoms with Gasteiger partial charge in [-0.05, 0) is 44.9 Å². The van der Waals surface area contributed by atoms with Crippen molar-refractivity contribution in [3.05, 3.63) is 23.4 Å². The van der Waals surface area contributed by atoms with Gasteiger partial charge in [0.15, 0.2) is 0 Å². The van der Waals surface area contributed by atoms with Gasteiger partial charge in [-0.2, -0.15) is 4.98 Å². The Bertz CT molecular complexity index is 670. The lowest BCUT2D eigenvalue weighted by Crippen LogP contribution is -2.44. The van der Waals surface area contributed by atoms with E-state index < -0.39 is 0 Å². The molecule has 0 spiro atoms. The largest absolute Gasteiger partial charge is 0.355 e. The number of likely N-dealkylation sites (tertiary alicyclic amines) is 1. The van der Waals surface area contributed by atoms with Crippen LogP contribution in [0.3, 0.4) is 0 Å². The Morgan fingerprint density at radius 2 is 2.40 bits per heavy atom. The second-order valence-corrected chi connectivity index (χ2v) is 7.61. The van der Waals surface area contributed by atoms with Crippen molar-refractivity contribution in [3.8, 4) is 10.7 Å². The van der Waals surface area contributed by atoms with Gasteiger partial charge in [-0.25, -0.2) is 0 Å². The quantitative estimate of drug-likeness (QED) is 0.807. The summed E-state index contributed by atoms with van der Waals surface area (Å²) in [6.45, 7) is 3.84. The third-order valence-electron chi connectivity index (χ3n) is 4.30. The van der Waals surface area contributed by atoms with Crippen molar-refractivity contribution in [2.24, 2.45) is 5.92 Å². The highest BCUT2D eigenvalue weighted by atomic mass is 32.1. The van der Waals surface area contributed by atoms with E-state index in [9.17, 15) is 4.79 Å². The first-order valence-electron chi connectivity index (χ1n) is 8.63. The van der Waals surface area contributed by atoms with Crippen molar-refractivity contribution in [1.29, 1.82) is 0 Å². The second kappa shape index (κ2) is 8.55. The van der Waals surface area contributed by atoms with Crippen LogP contribution < -0.4 is 5.32 Å². The van der Waals surface area contributed by atoms with Gasteiger partial charge in [0.25, 0.3) is 0 Å². The Labute approximate surface area is 152 Å². The molecule has 3 heterocycles. The maximum atomic E-state index is 12.3. The number of amides is 1. The summed E-state index contributed by atoms with van der Waals surface area (Å²) < 4.78 is 5.38. The molecule has 3 rings (SSSR count). The predicted octanol–water partition coefficient (Wildman–Crippen LogP) is 1.69. The number of hydrogen-bond acceptors (Lipinski definition) is 7. The first-order valence-corrected chi connectivity index (χ1v) is 9.51. The molecule has 2 aromatic rings. The number of hydrogen-bond donors (Lipinski definition) is 1. The molecule has 0 bridgehead atoms. The summed E-state index contributed by atoms with van der Waals surface area (Å²) in [4.78, 5) is 22.1. The SMILES string of the molecule is CN(C)CCNC(=O)C1CCCN(Cc2nc(-c3cccs3)no2)C1. The van der Waals surface area contributed by atoms with E-state index in [0.29, 0.717) is 24.8 Å². The molecule has 1 aliphatic rings. The first-order chi connectivity index (χ1) is 12.1. The fourth-order valence-electron chi connectivity index (χ4n) is 2.98. The third-order valence-corrected chi connectivity index (χ3v) is 5.17. The van der Waals surface area contributed by atoms with Gasteiger partial charge in [0.1, 0.15) is 0 Å². The van der Waals surface area contributed by atoms with Crippen molar-refractivity contribution in [3.63, 3.8) is 0 Å². The van der Waals surface area contributed by atoms with E-state index in [0.717, 1.165) is 37.4 Å². The second-order valence-electron chi connectivity index (χ2n) is 6.66. The molecule has 25 heavy (non-hydrogen) atoms. The van der Waals surface area contributed by atoms with Crippen LogP contribution in [0.4, 0.5) is 0 Å². The van der Waals surface area contributed by atoms with Gasteiger partial charge in [-0.15, -0.1) is 11.3 Å². The average molecular weight is 363 g/mol. The van der Waals surface area contributed by atoms with Crippen molar-refractivity contribution in [2.75, 3.05) is 40.3 Å². The van der Waals surface area contributed by atoms with Gasteiger partial charge in [-0.1, -0.05) is 11.2 Å². The van der Waals surface area contributed by atoms with Crippen LogP contribution in [-0.2, 0) is 11.3 Å². The van der Waals surface area contributed by atoms with E-state index in [4.69, 9.17) is 4.52 Å². The summed E-state index contributed by atoms with van der Waals surface area (Å²) in [5, 5.41) is 9.08. The van der Waals surface area contributed by atoms with E-state index in [1.807, 2.05) is 31.6 Å². The van der Waals surface area contributed by atoms with Gasteiger partial charge in [-0.3, -0.25) is 9.69 Å². The minimum atomic E-state index is 0.0376. The van der Waals surface area contributed by atoms with Gasteiger partial charge in [0, 0.05) is 19.6 Å². The number of rotatable bonds is 7. The lowest BCUT2D eigenvalue weighted by Gasteiger charge is -2.31. The number of piperidine rings is 1. The molecule has 7 nitrogen and oxygen atoms in total. The fourth-order valence-corrected chi connectivity index (χ4v) is 3.63. The Morgan fingerprint density at radius 3 is 3.16 bits per heavy atom. The molecule has 0 radical (unpaired) electrons. The molecule has 1 unspecified atom stereocenters. The minimum absolute atomic E-state index is 0.0376. The fraction of sp³-hybridized carbons (Fsp3) is 0.588. The molecule has 0 aromatic carbocycles. The normalized spacial score (nSPS) is 18.6. The molecular formula is C17H25N5O2S. The zero-order chi connectivity index (χ0) is 17.6. The summed E-state index contributed by atoms with van der Waals surface area (Å²) in [6, 6.07) is 3.95. The molecule has 1 saturated heterocycles. The Hall–Kier alpha value is -1.77. The molecule has 8 heteroatoms. The monoisotopic (exact) mass is 363 g/mol. The van der Waals surface area contributed by atoms with Gasteiger partial charge >= 0.3 is 0 Å². The highest BCUT2D eigenvalue weighted by molar-refractivity contribution is 7.13. The zero-order valence-electron chi connectivity index (χ0n) is 14.8. The van der Waals surface area contributed by atoms with Crippen LogP contribution in [0.25, 0.3) is 10.7 Å². The Balaban J connectivity index is 1.51.